The molecule has 2 aliphatic carbocycles. The van der Waals surface area contributed by atoms with Gasteiger partial charge in [-0.3, -0.25) is 4.79 Å². The van der Waals surface area contributed by atoms with Gasteiger partial charge < -0.3 is 9.84 Å². The van der Waals surface area contributed by atoms with Crippen LogP contribution in [0.2, 0.25) is 0 Å². The monoisotopic (exact) mass is 348 g/mol. The Morgan fingerprint density at radius 1 is 1.36 bits per heavy atom. The fraction of sp³-hybridized carbons (Fsp3) is 0.773. The van der Waals surface area contributed by atoms with Crippen LogP contribution in [0.1, 0.15) is 73.6 Å². The van der Waals surface area contributed by atoms with Crippen molar-refractivity contribution in [2.24, 2.45) is 23.2 Å². The van der Waals surface area contributed by atoms with Crippen molar-refractivity contribution in [1.29, 1.82) is 0 Å². The molecule has 2 rings (SSSR count). The van der Waals surface area contributed by atoms with Crippen LogP contribution in [0.5, 0.6) is 0 Å². The molecule has 0 heterocycles. The zero-order valence-electron chi connectivity index (χ0n) is 16.8. The fourth-order valence-corrected chi connectivity index (χ4v) is 5.01. The second-order valence-electron chi connectivity index (χ2n) is 9.11. The van der Waals surface area contributed by atoms with Crippen molar-refractivity contribution >= 4 is 5.97 Å². The lowest BCUT2D eigenvalue weighted by molar-refractivity contribution is -0.163. The predicted molar refractivity (Wildman–Crippen MR) is 102 cm³/mol. The van der Waals surface area contributed by atoms with E-state index in [0.29, 0.717) is 12.3 Å². The van der Waals surface area contributed by atoms with E-state index in [1.807, 2.05) is 13.8 Å². The molecule has 5 unspecified atom stereocenters. The summed E-state index contributed by atoms with van der Waals surface area (Å²) in [6, 6.07) is 0. The van der Waals surface area contributed by atoms with Gasteiger partial charge in [0.1, 0.15) is 5.60 Å². The Hall–Kier alpha value is -1.09. The quantitative estimate of drug-likeness (QED) is 0.561. The van der Waals surface area contributed by atoms with Crippen LogP contribution in [0, 0.1) is 23.2 Å². The maximum absolute atomic E-state index is 11.6. The summed E-state index contributed by atoms with van der Waals surface area (Å²) in [6.45, 7) is 12.1. The fourth-order valence-electron chi connectivity index (χ4n) is 5.01. The van der Waals surface area contributed by atoms with E-state index >= 15 is 0 Å². The molecular formula is C22H36O3. The smallest absolute Gasteiger partial charge is 0.303 e. The third-order valence-corrected chi connectivity index (χ3v) is 6.35. The summed E-state index contributed by atoms with van der Waals surface area (Å²) in [5.41, 5.74) is 0.646. The first-order valence-electron chi connectivity index (χ1n) is 9.78. The number of esters is 1. The number of hydrogen-bond donors (Lipinski definition) is 1. The molecule has 0 amide bonds. The molecule has 5 atom stereocenters. The molecule has 0 radical (unpaired) electrons. The zero-order chi connectivity index (χ0) is 18.8. The average Bonchev–Trinajstić information content (AvgIpc) is 2.82. The summed E-state index contributed by atoms with van der Waals surface area (Å²) in [5.74, 6) is 0.541. The van der Waals surface area contributed by atoms with E-state index in [1.54, 1.807) is 0 Å². The van der Waals surface area contributed by atoms with Crippen molar-refractivity contribution in [2.75, 3.05) is 0 Å². The Labute approximate surface area is 153 Å². The Bertz CT molecular complexity index is 545. The third kappa shape index (κ3) is 4.75. The van der Waals surface area contributed by atoms with Crippen molar-refractivity contribution in [3.05, 3.63) is 23.8 Å². The van der Waals surface area contributed by atoms with Crippen LogP contribution in [0.15, 0.2) is 23.8 Å². The molecule has 2 aliphatic rings. The highest BCUT2D eigenvalue weighted by atomic mass is 16.6. The standard InChI is InChI=1S/C22H36O3/c1-15-8-7-9-16(2)14-19(24)20-18(21(4,5)25-17(3)23)11-13-22(20,6)12-10-15/h9-10,12,15,18-20,24H,7-8,11,13-14H2,1-6H3. The molecule has 3 nitrogen and oxygen atoms in total. The zero-order valence-corrected chi connectivity index (χ0v) is 16.8. The first-order valence-corrected chi connectivity index (χ1v) is 9.78. The second-order valence-corrected chi connectivity index (χ2v) is 9.11. The number of allylic oxidation sites excluding steroid dienone is 3. The molecule has 142 valence electrons. The van der Waals surface area contributed by atoms with Crippen molar-refractivity contribution in [3.63, 3.8) is 0 Å². The number of carbonyl (C=O) groups excluding carboxylic acids is 1. The number of carbonyl (C=O) groups is 1. The van der Waals surface area contributed by atoms with Gasteiger partial charge in [-0.25, -0.2) is 0 Å². The van der Waals surface area contributed by atoms with Gasteiger partial charge in [-0.05, 0) is 64.2 Å². The van der Waals surface area contributed by atoms with Crippen LogP contribution < -0.4 is 0 Å². The van der Waals surface area contributed by atoms with Gasteiger partial charge in [0, 0.05) is 18.8 Å². The number of rotatable bonds is 2. The lowest BCUT2D eigenvalue weighted by Gasteiger charge is -2.41. The number of ether oxygens (including phenoxy) is 1. The molecule has 0 saturated heterocycles. The molecule has 0 aliphatic heterocycles. The maximum Gasteiger partial charge on any atom is 0.303 e. The number of aliphatic hydroxyl groups excluding tert-OH is 1. The van der Waals surface area contributed by atoms with Crippen molar-refractivity contribution in [2.45, 2.75) is 85.4 Å². The summed E-state index contributed by atoms with van der Waals surface area (Å²) < 4.78 is 5.68. The van der Waals surface area contributed by atoms with Gasteiger partial charge in [0.15, 0.2) is 0 Å². The first-order chi connectivity index (χ1) is 11.5. The molecule has 25 heavy (non-hydrogen) atoms. The third-order valence-electron chi connectivity index (χ3n) is 6.35. The molecule has 0 aromatic heterocycles. The van der Waals surface area contributed by atoms with Crippen molar-refractivity contribution in [1.82, 2.24) is 0 Å². The Kier molecular flexibility index (Phi) is 6.19. The van der Waals surface area contributed by atoms with E-state index in [9.17, 15) is 9.90 Å². The minimum Gasteiger partial charge on any atom is -0.460 e. The minimum absolute atomic E-state index is 0.0552. The van der Waals surface area contributed by atoms with Crippen LogP contribution in [-0.4, -0.2) is 22.8 Å². The van der Waals surface area contributed by atoms with E-state index in [4.69, 9.17) is 4.74 Å². The van der Waals surface area contributed by atoms with Crippen LogP contribution >= 0.6 is 0 Å². The van der Waals surface area contributed by atoms with E-state index in [-0.39, 0.29) is 23.2 Å². The van der Waals surface area contributed by atoms with Gasteiger partial charge in [-0.1, -0.05) is 37.6 Å². The SMILES string of the molecule is CC(=O)OC(C)(C)C1CCC2(C)C=CC(C)CCC=C(C)CC(O)C12. The summed E-state index contributed by atoms with van der Waals surface area (Å²) >= 11 is 0. The van der Waals surface area contributed by atoms with Gasteiger partial charge in [0.2, 0.25) is 0 Å². The molecule has 1 saturated carbocycles. The maximum atomic E-state index is 11.6. The molecule has 1 N–H and O–H groups in total. The van der Waals surface area contributed by atoms with Crippen LogP contribution in [0.25, 0.3) is 0 Å². The summed E-state index contributed by atoms with van der Waals surface area (Å²) in [7, 11) is 0. The van der Waals surface area contributed by atoms with Gasteiger partial charge in [-0.2, -0.15) is 0 Å². The molecule has 0 aromatic carbocycles. The topological polar surface area (TPSA) is 46.5 Å². The molecule has 0 bridgehead atoms. The highest BCUT2D eigenvalue weighted by Gasteiger charge is 2.53. The Morgan fingerprint density at radius 3 is 2.68 bits per heavy atom. The van der Waals surface area contributed by atoms with Gasteiger partial charge in [-0.15, -0.1) is 0 Å². The second kappa shape index (κ2) is 7.65. The largest absolute Gasteiger partial charge is 0.460 e. The highest BCUT2D eigenvalue weighted by molar-refractivity contribution is 5.66. The molecule has 1 fully saturated rings. The minimum atomic E-state index is -0.563. The summed E-state index contributed by atoms with van der Waals surface area (Å²) in [4.78, 5) is 11.6. The molecule has 0 spiro atoms. The molecular weight excluding hydrogens is 312 g/mol. The Balaban J connectivity index is 2.40. The van der Waals surface area contributed by atoms with Crippen molar-refractivity contribution < 1.29 is 14.6 Å². The number of aliphatic hydroxyl groups is 1. The van der Waals surface area contributed by atoms with Gasteiger partial charge >= 0.3 is 5.97 Å². The average molecular weight is 349 g/mol. The normalized spacial score (nSPS) is 37.0. The van der Waals surface area contributed by atoms with Crippen LogP contribution in [-0.2, 0) is 9.53 Å². The van der Waals surface area contributed by atoms with E-state index in [0.717, 1.165) is 25.7 Å². The van der Waals surface area contributed by atoms with E-state index in [1.165, 1.54) is 12.5 Å². The Morgan fingerprint density at radius 2 is 2.04 bits per heavy atom. The van der Waals surface area contributed by atoms with Crippen LogP contribution in [0.3, 0.4) is 0 Å². The van der Waals surface area contributed by atoms with Gasteiger partial charge in [0.25, 0.3) is 0 Å². The van der Waals surface area contributed by atoms with Crippen molar-refractivity contribution in [3.8, 4) is 0 Å². The summed E-state index contributed by atoms with van der Waals surface area (Å²) in [6.07, 6.45) is 11.4. The summed E-state index contributed by atoms with van der Waals surface area (Å²) in [5, 5.41) is 11.1. The number of fused-ring (bicyclic) bond motifs is 1. The van der Waals surface area contributed by atoms with Gasteiger partial charge in [0.05, 0.1) is 6.10 Å². The lowest BCUT2D eigenvalue weighted by atomic mass is 9.68. The lowest BCUT2D eigenvalue weighted by Crippen LogP contribution is -2.45. The van der Waals surface area contributed by atoms with E-state index < -0.39 is 11.7 Å². The highest BCUT2D eigenvalue weighted by Crippen LogP contribution is 2.54. The predicted octanol–water partition coefficient (Wildman–Crippen LogP) is 5.04. The van der Waals surface area contributed by atoms with E-state index in [2.05, 4.69) is 39.0 Å². The number of hydrogen-bond acceptors (Lipinski definition) is 3. The first kappa shape index (κ1) is 20.2. The molecule has 0 aromatic rings. The molecule has 3 heteroatoms. The van der Waals surface area contributed by atoms with Crippen LogP contribution in [0.4, 0.5) is 0 Å².